The lowest BCUT2D eigenvalue weighted by molar-refractivity contribution is -0.00567. The van der Waals surface area contributed by atoms with Crippen molar-refractivity contribution in [3.63, 3.8) is 0 Å². The molecule has 0 aromatic carbocycles. The highest BCUT2D eigenvalue weighted by Crippen LogP contribution is 2.36. The van der Waals surface area contributed by atoms with Crippen molar-refractivity contribution in [2.45, 2.75) is 52.2 Å². The standard InChI is InChI=1S/C14H23N3O/c1-14(2)7-5-12(6-8-14)18-10-11-3-4-13(17-15)16-9-11/h3-4,9,12H,5-8,10,15H2,1-2H3,(H,16,17). The quantitative estimate of drug-likeness (QED) is 0.636. The normalized spacial score (nSPS) is 19.7. The van der Waals surface area contributed by atoms with Gasteiger partial charge in [0.15, 0.2) is 0 Å². The van der Waals surface area contributed by atoms with E-state index >= 15 is 0 Å². The molecule has 2 rings (SSSR count). The molecule has 0 aliphatic heterocycles. The molecule has 1 aromatic heterocycles. The highest BCUT2D eigenvalue weighted by atomic mass is 16.5. The minimum atomic E-state index is 0.408. The summed E-state index contributed by atoms with van der Waals surface area (Å²) in [4.78, 5) is 4.17. The van der Waals surface area contributed by atoms with Gasteiger partial charge in [0.05, 0.1) is 12.7 Å². The Morgan fingerprint density at radius 1 is 1.39 bits per heavy atom. The van der Waals surface area contributed by atoms with Gasteiger partial charge in [0.1, 0.15) is 5.82 Å². The van der Waals surface area contributed by atoms with Crippen LogP contribution in [0.1, 0.15) is 45.1 Å². The van der Waals surface area contributed by atoms with Crippen LogP contribution in [0.3, 0.4) is 0 Å². The monoisotopic (exact) mass is 249 g/mol. The Kier molecular flexibility index (Phi) is 4.19. The summed E-state index contributed by atoms with van der Waals surface area (Å²) in [6.07, 6.45) is 7.07. The van der Waals surface area contributed by atoms with Crippen molar-refractivity contribution in [1.82, 2.24) is 4.98 Å². The van der Waals surface area contributed by atoms with Gasteiger partial charge >= 0.3 is 0 Å². The topological polar surface area (TPSA) is 60.2 Å². The second kappa shape index (κ2) is 5.67. The van der Waals surface area contributed by atoms with E-state index in [4.69, 9.17) is 10.6 Å². The first kappa shape index (κ1) is 13.3. The zero-order valence-corrected chi connectivity index (χ0v) is 11.3. The lowest BCUT2D eigenvalue weighted by Crippen LogP contribution is -2.26. The Morgan fingerprint density at radius 3 is 2.67 bits per heavy atom. The first-order valence-electron chi connectivity index (χ1n) is 6.62. The van der Waals surface area contributed by atoms with E-state index in [0.29, 0.717) is 23.9 Å². The molecule has 0 atom stereocenters. The zero-order valence-electron chi connectivity index (χ0n) is 11.3. The maximum atomic E-state index is 5.94. The maximum absolute atomic E-state index is 5.94. The Bertz CT molecular complexity index is 365. The van der Waals surface area contributed by atoms with Crippen molar-refractivity contribution in [3.8, 4) is 0 Å². The van der Waals surface area contributed by atoms with Crippen LogP contribution in [0.5, 0.6) is 0 Å². The summed E-state index contributed by atoms with van der Waals surface area (Å²) in [6, 6.07) is 3.86. The van der Waals surface area contributed by atoms with E-state index in [9.17, 15) is 0 Å². The number of ether oxygens (including phenoxy) is 1. The highest BCUT2D eigenvalue weighted by molar-refractivity contribution is 5.33. The molecular weight excluding hydrogens is 226 g/mol. The molecule has 3 N–H and O–H groups in total. The van der Waals surface area contributed by atoms with Gasteiger partial charge in [0.25, 0.3) is 0 Å². The van der Waals surface area contributed by atoms with E-state index in [1.807, 2.05) is 18.3 Å². The number of pyridine rings is 1. The van der Waals surface area contributed by atoms with Crippen LogP contribution < -0.4 is 11.3 Å². The van der Waals surface area contributed by atoms with Gasteiger partial charge < -0.3 is 10.2 Å². The largest absolute Gasteiger partial charge is 0.373 e. The summed E-state index contributed by atoms with van der Waals surface area (Å²) >= 11 is 0. The number of hydrogen-bond donors (Lipinski definition) is 2. The number of hydrogen-bond acceptors (Lipinski definition) is 4. The molecule has 0 saturated heterocycles. The first-order valence-corrected chi connectivity index (χ1v) is 6.62. The van der Waals surface area contributed by atoms with Crippen LogP contribution in [0.4, 0.5) is 5.82 Å². The molecule has 1 aromatic rings. The first-order chi connectivity index (χ1) is 8.59. The van der Waals surface area contributed by atoms with Crippen LogP contribution in [0, 0.1) is 5.41 Å². The van der Waals surface area contributed by atoms with Crippen LogP contribution in [0.25, 0.3) is 0 Å². The summed E-state index contributed by atoms with van der Waals surface area (Å²) in [5, 5.41) is 0. The zero-order chi connectivity index (χ0) is 13.0. The molecule has 1 heterocycles. The van der Waals surface area contributed by atoms with Crippen LogP contribution in [-0.2, 0) is 11.3 Å². The second-order valence-electron chi connectivity index (χ2n) is 5.87. The minimum Gasteiger partial charge on any atom is -0.373 e. The van der Waals surface area contributed by atoms with E-state index in [1.165, 1.54) is 25.7 Å². The van der Waals surface area contributed by atoms with E-state index in [0.717, 1.165) is 5.56 Å². The fraction of sp³-hybridized carbons (Fsp3) is 0.643. The van der Waals surface area contributed by atoms with Crippen molar-refractivity contribution >= 4 is 5.82 Å². The molecule has 1 aliphatic carbocycles. The summed E-state index contributed by atoms with van der Waals surface area (Å²) in [5.41, 5.74) is 4.11. The van der Waals surface area contributed by atoms with Crippen molar-refractivity contribution in [3.05, 3.63) is 23.9 Å². The van der Waals surface area contributed by atoms with Gasteiger partial charge in [0, 0.05) is 6.20 Å². The number of anilines is 1. The average molecular weight is 249 g/mol. The Hall–Kier alpha value is -1.13. The molecule has 0 spiro atoms. The van der Waals surface area contributed by atoms with Gasteiger partial charge in [-0.2, -0.15) is 0 Å². The van der Waals surface area contributed by atoms with Crippen molar-refractivity contribution in [1.29, 1.82) is 0 Å². The molecule has 4 heteroatoms. The third-order valence-electron chi connectivity index (χ3n) is 3.74. The third kappa shape index (κ3) is 3.68. The van der Waals surface area contributed by atoms with E-state index in [1.54, 1.807) is 0 Å². The molecule has 1 fully saturated rings. The summed E-state index contributed by atoms with van der Waals surface area (Å²) < 4.78 is 5.94. The summed E-state index contributed by atoms with van der Waals surface area (Å²) in [7, 11) is 0. The molecule has 0 amide bonds. The fourth-order valence-corrected chi connectivity index (χ4v) is 2.35. The summed E-state index contributed by atoms with van der Waals surface area (Å²) in [5.74, 6) is 5.95. The van der Waals surface area contributed by atoms with Crippen LogP contribution >= 0.6 is 0 Å². The fourth-order valence-electron chi connectivity index (χ4n) is 2.35. The van der Waals surface area contributed by atoms with E-state index < -0.39 is 0 Å². The molecule has 0 unspecified atom stereocenters. The van der Waals surface area contributed by atoms with Gasteiger partial charge in [-0.25, -0.2) is 10.8 Å². The number of nitrogens with one attached hydrogen (secondary N) is 1. The van der Waals surface area contributed by atoms with Crippen molar-refractivity contribution in [2.24, 2.45) is 11.3 Å². The third-order valence-corrected chi connectivity index (χ3v) is 3.74. The second-order valence-corrected chi connectivity index (χ2v) is 5.87. The maximum Gasteiger partial charge on any atom is 0.139 e. The van der Waals surface area contributed by atoms with Gasteiger partial charge in [-0.05, 0) is 42.7 Å². The van der Waals surface area contributed by atoms with Gasteiger partial charge in [-0.3, -0.25) is 0 Å². The lowest BCUT2D eigenvalue weighted by atomic mass is 9.76. The number of nitrogen functional groups attached to an aromatic ring is 1. The average Bonchev–Trinajstić information content (AvgIpc) is 2.38. The van der Waals surface area contributed by atoms with Crippen molar-refractivity contribution in [2.75, 3.05) is 5.43 Å². The molecule has 100 valence electrons. The van der Waals surface area contributed by atoms with E-state index in [2.05, 4.69) is 24.3 Å². The molecule has 18 heavy (non-hydrogen) atoms. The molecule has 1 saturated carbocycles. The summed E-state index contributed by atoms with van der Waals surface area (Å²) in [6.45, 7) is 5.32. The SMILES string of the molecule is CC1(C)CCC(OCc2ccc(NN)nc2)CC1. The smallest absolute Gasteiger partial charge is 0.139 e. The van der Waals surface area contributed by atoms with E-state index in [-0.39, 0.29) is 0 Å². The number of nitrogens with two attached hydrogens (primary N) is 1. The number of aromatic nitrogens is 1. The predicted molar refractivity (Wildman–Crippen MR) is 72.9 cm³/mol. The van der Waals surface area contributed by atoms with Crippen LogP contribution in [-0.4, -0.2) is 11.1 Å². The van der Waals surface area contributed by atoms with Gasteiger partial charge in [-0.1, -0.05) is 19.9 Å². The lowest BCUT2D eigenvalue weighted by Gasteiger charge is -2.34. The highest BCUT2D eigenvalue weighted by Gasteiger charge is 2.27. The number of hydrazine groups is 1. The Morgan fingerprint density at radius 2 is 2.11 bits per heavy atom. The molecule has 4 nitrogen and oxygen atoms in total. The molecule has 1 aliphatic rings. The molecular formula is C14H23N3O. The van der Waals surface area contributed by atoms with Crippen molar-refractivity contribution < 1.29 is 4.74 Å². The predicted octanol–water partition coefficient (Wildman–Crippen LogP) is 2.85. The Balaban J connectivity index is 1.78. The van der Waals surface area contributed by atoms with Crippen LogP contribution in [0.2, 0.25) is 0 Å². The Labute approximate surface area is 109 Å². The van der Waals surface area contributed by atoms with Gasteiger partial charge in [-0.15, -0.1) is 0 Å². The molecule has 0 bridgehead atoms. The number of rotatable bonds is 4. The molecule has 0 radical (unpaired) electrons. The minimum absolute atomic E-state index is 0.408. The van der Waals surface area contributed by atoms with Crippen LogP contribution in [0.15, 0.2) is 18.3 Å². The number of nitrogens with zero attached hydrogens (tertiary/aromatic N) is 1. The van der Waals surface area contributed by atoms with Gasteiger partial charge in [0.2, 0.25) is 0 Å².